The maximum absolute atomic E-state index is 12.6. The SMILES string of the molecule is COCCCn1c(NC(=O)Nc2ccc(OC)cc2)c2ccccc2nc1=O. The lowest BCUT2D eigenvalue weighted by Crippen LogP contribution is -2.30. The van der Waals surface area contributed by atoms with Crippen molar-refractivity contribution in [3.63, 3.8) is 0 Å². The van der Waals surface area contributed by atoms with Crippen LogP contribution < -0.4 is 21.1 Å². The normalized spacial score (nSPS) is 10.6. The number of fused-ring (bicyclic) bond motifs is 1. The highest BCUT2D eigenvalue weighted by atomic mass is 16.5. The summed E-state index contributed by atoms with van der Waals surface area (Å²) in [5.41, 5.74) is 0.703. The van der Waals surface area contributed by atoms with Crippen molar-refractivity contribution in [1.82, 2.24) is 9.55 Å². The molecule has 0 saturated carbocycles. The smallest absolute Gasteiger partial charge is 0.349 e. The van der Waals surface area contributed by atoms with Gasteiger partial charge in [0, 0.05) is 31.3 Å². The number of para-hydroxylation sites is 1. The molecule has 0 radical (unpaired) electrons. The van der Waals surface area contributed by atoms with Crippen LogP contribution >= 0.6 is 0 Å². The number of carbonyl (C=O) groups excluding carboxylic acids is 1. The zero-order valence-corrected chi connectivity index (χ0v) is 15.8. The van der Waals surface area contributed by atoms with Crippen LogP contribution in [0.2, 0.25) is 0 Å². The van der Waals surface area contributed by atoms with Gasteiger partial charge in [0.1, 0.15) is 11.6 Å². The van der Waals surface area contributed by atoms with Gasteiger partial charge in [0.25, 0.3) is 0 Å². The summed E-state index contributed by atoms with van der Waals surface area (Å²) in [6, 6.07) is 13.7. The molecule has 0 aliphatic carbocycles. The van der Waals surface area contributed by atoms with Crippen LogP contribution in [-0.2, 0) is 11.3 Å². The van der Waals surface area contributed by atoms with Crippen molar-refractivity contribution in [2.75, 3.05) is 31.5 Å². The van der Waals surface area contributed by atoms with Crippen LogP contribution in [0.5, 0.6) is 5.75 Å². The first-order valence-electron chi connectivity index (χ1n) is 8.83. The summed E-state index contributed by atoms with van der Waals surface area (Å²) in [5, 5.41) is 6.24. The first-order chi connectivity index (χ1) is 13.6. The Hall–Kier alpha value is -3.39. The van der Waals surface area contributed by atoms with Gasteiger partial charge >= 0.3 is 11.7 Å². The van der Waals surface area contributed by atoms with Crippen molar-refractivity contribution in [2.24, 2.45) is 0 Å². The Morgan fingerprint density at radius 2 is 1.82 bits per heavy atom. The third-order valence-electron chi connectivity index (χ3n) is 4.19. The maximum Gasteiger partial charge on any atom is 0.349 e. The predicted molar refractivity (Wildman–Crippen MR) is 108 cm³/mol. The highest BCUT2D eigenvalue weighted by molar-refractivity contribution is 6.04. The molecule has 1 heterocycles. The van der Waals surface area contributed by atoms with Crippen LogP contribution in [0.3, 0.4) is 0 Å². The minimum Gasteiger partial charge on any atom is -0.497 e. The molecule has 2 aromatic carbocycles. The van der Waals surface area contributed by atoms with E-state index in [0.29, 0.717) is 47.7 Å². The Balaban J connectivity index is 1.89. The largest absolute Gasteiger partial charge is 0.497 e. The molecule has 0 atom stereocenters. The fraction of sp³-hybridized carbons (Fsp3) is 0.250. The van der Waals surface area contributed by atoms with Crippen molar-refractivity contribution in [1.29, 1.82) is 0 Å². The summed E-state index contributed by atoms with van der Waals surface area (Å²) in [4.78, 5) is 29.1. The van der Waals surface area contributed by atoms with Gasteiger partial charge in [0.2, 0.25) is 0 Å². The summed E-state index contributed by atoms with van der Waals surface area (Å²) in [7, 11) is 3.18. The highest BCUT2D eigenvalue weighted by Crippen LogP contribution is 2.21. The molecule has 0 aliphatic rings. The number of nitrogens with one attached hydrogen (secondary N) is 2. The zero-order chi connectivity index (χ0) is 19.9. The van der Waals surface area contributed by atoms with Crippen molar-refractivity contribution in [2.45, 2.75) is 13.0 Å². The van der Waals surface area contributed by atoms with Gasteiger partial charge in [-0.05, 0) is 42.8 Å². The molecule has 8 heteroatoms. The highest BCUT2D eigenvalue weighted by Gasteiger charge is 2.14. The number of anilines is 2. The number of hydrogen-bond acceptors (Lipinski definition) is 5. The number of hydrogen-bond donors (Lipinski definition) is 2. The molecule has 3 rings (SSSR count). The summed E-state index contributed by atoms with van der Waals surface area (Å²) in [6.07, 6.45) is 0.616. The minimum absolute atomic E-state index is 0.378. The molecule has 0 unspecified atom stereocenters. The van der Waals surface area contributed by atoms with Crippen LogP contribution in [0.4, 0.5) is 16.3 Å². The molecule has 0 spiro atoms. The van der Waals surface area contributed by atoms with E-state index in [2.05, 4.69) is 15.6 Å². The Bertz CT molecular complexity index is 1010. The average Bonchev–Trinajstić information content (AvgIpc) is 2.70. The van der Waals surface area contributed by atoms with Crippen LogP contribution in [0.15, 0.2) is 53.3 Å². The van der Waals surface area contributed by atoms with Crippen molar-refractivity contribution >= 4 is 28.4 Å². The third kappa shape index (κ3) is 4.47. The van der Waals surface area contributed by atoms with Crippen molar-refractivity contribution < 1.29 is 14.3 Å². The van der Waals surface area contributed by atoms with Crippen molar-refractivity contribution in [3.8, 4) is 5.75 Å². The lowest BCUT2D eigenvalue weighted by Gasteiger charge is -2.16. The van der Waals surface area contributed by atoms with Gasteiger partial charge in [-0.2, -0.15) is 4.98 Å². The Kier molecular flexibility index (Phi) is 6.23. The van der Waals surface area contributed by atoms with Crippen LogP contribution in [0, 0.1) is 0 Å². The van der Waals surface area contributed by atoms with E-state index in [4.69, 9.17) is 9.47 Å². The monoisotopic (exact) mass is 382 g/mol. The lowest BCUT2D eigenvalue weighted by molar-refractivity contribution is 0.190. The van der Waals surface area contributed by atoms with Gasteiger partial charge in [-0.25, -0.2) is 9.59 Å². The summed E-state index contributed by atoms with van der Waals surface area (Å²) in [6.45, 7) is 0.874. The fourth-order valence-corrected chi connectivity index (χ4v) is 2.83. The van der Waals surface area contributed by atoms with E-state index in [-0.39, 0.29) is 0 Å². The van der Waals surface area contributed by atoms with E-state index in [1.165, 1.54) is 4.57 Å². The van der Waals surface area contributed by atoms with E-state index in [1.54, 1.807) is 50.6 Å². The quantitative estimate of drug-likeness (QED) is 0.613. The number of nitrogens with zero attached hydrogens (tertiary/aromatic N) is 2. The van der Waals surface area contributed by atoms with Crippen LogP contribution in [0.1, 0.15) is 6.42 Å². The topological polar surface area (TPSA) is 94.5 Å². The molecule has 146 valence electrons. The molecule has 28 heavy (non-hydrogen) atoms. The lowest BCUT2D eigenvalue weighted by atomic mass is 10.2. The summed E-state index contributed by atoms with van der Waals surface area (Å²) in [5.74, 6) is 1.09. The minimum atomic E-state index is -0.457. The molecule has 2 amide bonds. The van der Waals surface area contributed by atoms with E-state index >= 15 is 0 Å². The third-order valence-corrected chi connectivity index (χ3v) is 4.19. The van der Waals surface area contributed by atoms with Gasteiger partial charge in [-0.1, -0.05) is 12.1 Å². The van der Waals surface area contributed by atoms with E-state index in [9.17, 15) is 9.59 Å². The number of methoxy groups -OCH3 is 2. The van der Waals surface area contributed by atoms with Crippen LogP contribution in [0.25, 0.3) is 10.9 Å². The fourth-order valence-electron chi connectivity index (χ4n) is 2.83. The molecule has 0 saturated heterocycles. The maximum atomic E-state index is 12.6. The summed E-state index contributed by atoms with van der Waals surface area (Å²) >= 11 is 0. The molecule has 8 nitrogen and oxygen atoms in total. The number of benzene rings is 2. The molecular weight excluding hydrogens is 360 g/mol. The van der Waals surface area contributed by atoms with Gasteiger partial charge in [-0.15, -0.1) is 0 Å². The first-order valence-corrected chi connectivity index (χ1v) is 8.83. The van der Waals surface area contributed by atoms with E-state index in [1.807, 2.05) is 12.1 Å². The van der Waals surface area contributed by atoms with E-state index < -0.39 is 11.7 Å². The zero-order valence-electron chi connectivity index (χ0n) is 15.8. The standard InChI is InChI=1S/C20H22N4O4/c1-27-13-5-12-24-18(16-6-3-4-7-17(16)22-20(24)26)23-19(25)21-14-8-10-15(28-2)11-9-14/h3-4,6-11H,5,12-13H2,1-2H3,(H2,21,23,25). The van der Waals surface area contributed by atoms with Gasteiger partial charge in [0.15, 0.2) is 0 Å². The Morgan fingerprint density at radius 3 is 2.54 bits per heavy atom. The number of rotatable bonds is 7. The van der Waals surface area contributed by atoms with Crippen LogP contribution in [-0.4, -0.2) is 36.4 Å². The molecule has 0 bridgehead atoms. The molecule has 1 aromatic heterocycles. The number of aromatic nitrogens is 2. The van der Waals surface area contributed by atoms with Gasteiger partial charge in [0.05, 0.1) is 12.6 Å². The van der Waals surface area contributed by atoms with Gasteiger partial charge in [-0.3, -0.25) is 9.88 Å². The molecule has 0 aliphatic heterocycles. The summed E-state index contributed by atoms with van der Waals surface area (Å²) < 4.78 is 11.6. The Morgan fingerprint density at radius 1 is 1.07 bits per heavy atom. The second-order valence-corrected chi connectivity index (χ2v) is 6.07. The second kappa shape index (κ2) is 9.01. The van der Waals surface area contributed by atoms with Crippen molar-refractivity contribution in [3.05, 3.63) is 59.0 Å². The van der Waals surface area contributed by atoms with Gasteiger partial charge < -0.3 is 14.8 Å². The number of amides is 2. The number of ether oxygens (including phenoxy) is 2. The van der Waals surface area contributed by atoms with E-state index in [0.717, 1.165) is 0 Å². The number of urea groups is 1. The predicted octanol–water partition coefficient (Wildman–Crippen LogP) is 3.09. The first kappa shape index (κ1) is 19.4. The average molecular weight is 382 g/mol. The molecule has 0 fully saturated rings. The number of carbonyl (C=O) groups is 1. The molecule has 2 N–H and O–H groups in total. The molecule has 3 aromatic rings. The second-order valence-electron chi connectivity index (χ2n) is 6.07. The molecular formula is C20H22N4O4. The Labute approximate surface area is 162 Å².